The minimum absolute atomic E-state index is 0.00181. The van der Waals surface area contributed by atoms with Gasteiger partial charge in [-0.25, -0.2) is 9.78 Å². The number of pyridine rings is 2. The highest BCUT2D eigenvalue weighted by Gasteiger charge is 2.28. The van der Waals surface area contributed by atoms with Crippen LogP contribution in [-0.4, -0.2) is 32.9 Å². The second-order valence-corrected chi connectivity index (χ2v) is 9.81. The van der Waals surface area contributed by atoms with Crippen LogP contribution in [0.5, 0.6) is 0 Å². The van der Waals surface area contributed by atoms with Crippen molar-refractivity contribution in [1.29, 1.82) is 5.41 Å². The van der Waals surface area contributed by atoms with Crippen molar-refractivity contribution in [3.05, 3.63) is 80.0 Å². The molecule has 2 N–H and O–H groups in total. The predicted molar refractivity (Wildman–Crippen MR) is 138 cm³/mol. The molecule has 4 aromatic rings. The number of allylic oxidation sites excluding steroid dienone is 1. The second-order valence-electron chi connectivity index (χ2n) is 8.71. The zero-order valence-electron chi connectivity index (χ0n) is 20.0. The van der Waals surface area contributed by atoms with E-state index in [9.17, 15) is 14.4 Å². The van der Waals surface area contributed by atoms with Crippen LogP contribution in [0.3, 0.4) is 0 Å². The lowest BCUT2D eigenvalue weighted by molar-refractivity contribution is 0.0601. The first-order chi connectivity index (χ1) is 17.3. The Kier molecular flexibility index (Phi) is 6.05. The molecule has 0 atom stereocenters. The van der Waals surface area contributed by atoms with E-state index in [1.54, 1.807) is 18.3 Å². The second kappa shape index (κ2) is 9.19. The summed E-state index contributed by atoms with van der Waals surface area (Å²) in [5.41, 5.74) is 2.45. The van der Waals surface area contributed by atoms with E-state index in [2.05, 4.69) is 16.9 Å². The number of hydrogen-bond donors (Lipinski definition) is 2. The van der Waals surface area contributed by atoms with Gasteiger partial charge in [0.25, 0.3) is 11.5 Å². The number of carbonyl (C=O) groups is 2. The lowest BCUT2D eigenvalue weighted by Gasteiger charge is -2.14. The van der Waals surface area contributed by atoms with Gasteiger partial charge in [0.15, 0.2) is 0 Å². The molecule has 0 saturated carbocycles. The molecule has 4 aromatic heterocycles. The molecule has 0 saturated heterocycles. The van der Waals surface area contributed by atoms with Crippen LogP contribution in [0, 0.1) is 12.3 Å². The first kappa shape index (κ1) is 23.7. The maximum absolute atomic E-state index is 13.5. The minimum atomic E-state index is -0.586. The van der Waals surface area contributed by atoms with Crippen molar-refractivity contribution in [2.24, 2.45) is 0 Å². The number of esters is 1. The van der Waals surface area contributed by atoms with Crippen LogP contribution >= 0.6 is 11.3 Å². The molecule has 0 aliphatic heterocycles. The highest BCUT2D eigenvalue weighted by molar-refractivity contribution is 7.17. The van der Waals surface area contributed by atoms with E-state index in [1.165, 1.54) is 33.5 Å². The summed E-state index contributed by atoms with van der Waals surface area (Å²) < 4.78 is 7.93. The number of fused-ring (bicyclic) bond motifs is 3. The van der Waals surface area contributed by atoms with Gasteiger partial charge in [0.2, 0.25) is 0 Å². The number of nitrogens with zero attached hydrogens (tertiary/aromatic N) is 3. The van der Waals surface area contributed by atoms with Crippen LogP contribution < -0.4 is 16.4 Å². The van der Waals surface area contributed by atoms with Crippen LogP contribution in [0.4, 0.5) is 5.00 Å². The average Bonchev–Trinajstić information content (AvgIpc) is 3.23. The Morgan fingerprint density at radius 3 is 2.83 bits per heavy atom. The van der Waals surface area contributed by atoms with Gasteiger partial charge < -0.3 is 14.6 Å². The van der Waals surface area contributed by atoms with E-state index in [0.29, 0.717) is 21.9 Å². The topological polar surface area (TPSA) is 119 Å². The predicted octanol–water partition coefficient (Wildman–Crippen LogP) is 3.60. The van der Waals surface area contributed by atoms with Crippen molar-refractivity contribution in [3.8, 4) is 0 Å². The molecule has 1 aliphatic carbocycles. The van der Waals surface area contributed by atoms with Crippen molar-refractivity contribution < 1.29 is 14.3 Å². The third kappa shape index (κ3) is 3.74. The lowest BCUT2D eigenvalue weighted by Crippen LogP contribution is -2.32. The molecule has 0 unspecified atom stereocenters. The molecule has 0 aromatic carbocycles. The Labute approximate surface area is 210 Å². The number of rotatable bonds is 5. The van der Waals surface area contributed by atoms with Crippen LogP contribution in [-0.2, 0) is 24.1 Å². The molecule has 0 fully saturated rings. The zero-order chi connectivity index (χ0) is 25.6. The number of aryl methyl sites for hydroxylation is 2. The van der Waals surface area contributed by atoms with Gasteiger partial charge in [0.05, 0.1) is 23.6 Å². The number of aromatic nitrogens is 3. The highest BCUT2D eigenvalue weighted by atomic mass is 32.1. The summed E-state index contributed by atoms with van der Waals surface area (Å²) in [6.07, 6.45) is 6.79. The number of amides is 1. The van der Waals surface area contributed by atoms with E-state index in [-0.39, 0.29) is 28.5 Å². The van der Waals surface area contributed by atoms with Crippen molar-refractivity contribution in [1.82, 2.24) is 14.0 Å². The van der Waals surface area contributed by atoms with Crippen molar-refractivity contribution >= 4 is 44.9 Å². The molecular formula is C26H25N5O4S. The van der Waals surface area contributed by atoms with E-state index in [1.807, 2.05) is 13.0 Å². The molecule has 4 heterocycles. The quantitative estimate of drug-likeness (QED) is 0.245. The molecular weight excluding hydrogens is 478 g/mol. The Bertz CT molecular complexity index is 1700. The standard InChI is InChI=1S/C26H25N5O4S/c1-4-11-30-20(27)16(13-17-22(30)28-21-14(2)8-7-12-31(21)25(17)33)23(32)29-24-19(26(34)35-3)15-9-5-6-10-18(15)36-24/h4,7-8,12-13,27H,1,5-6,9-11H2,2-3H3,(H,29,32). The molecule has 9 nitrogen and oxygen atoms in total. The molecule has 184 valence electrons. The van der Waals surface area contributed by atoms with E-state index >= 15 is 0 Å². The summed E-state index contributed by atoms with van der Waals surface area (Å²) in [5.74, 6) is -1.09. The maximum Gasteiger partial charge on any atom is 0.341 e. The van der Waals surface area contributed by atoms with Crippen molar-refractivity contribution in [3.63, 3.8) is 0 Å². The van der Waals surface area contributed by atoms with Crippen LogP contribution in [0.25, 0.3) is 16.7 Å². The summed E-state index contributed by atoms with van der Waals surface area (Å²) in [6.45, 7) is 5.80. The molecule has 0 spiro atoms. The zero-order valence-corrected chi connectivity index (χ0v) is 20.8. The molecule has 1 amide bonds. The largest absolute Gasteiger partial charge is 0.465 e. The molecule has 5 rings (SSSR count). The Morgan fingerprint density at radius 2 is 2.08 bits per heavy atom. The summed E-state index contributed by atoms with van der Waals surface area (Å²) in [7, 11) is 1.32. The fourth-order valence-electron chi connectivity index (χ4n) is 4.72. The fraction of sp³-hybridized carbons (Fsp3) is 0.269. The number of carbonyl (C=O) groups excluding carboxylic acids is 2. The summed E-state index contributed by atoms with van der Waals surface area (Å²) >= 11 is 1.36. The van der Waals surface area contributed by atoms with Crippen LogP contribution in [0.2, 0.25) is 0 Å². The van der Waals surface area contributed by atoms with E-state index < -0.39 is 11.9 Å². The summed E-state index contributed by atoms with van der Waals surface area (Å²) in [4.78, 5) is 45.2. The van der Waals surface area contributed by atoms with Gasteiger partial charge in [-0.15, -0.1) is 17.9 Å². The molecule has 36 heavy (non-hydrogen) atoms. The average molecular weight is 504 g/mol. The molecule has 10 heteroatoms. The minimum Gasteiger partial charge on any atom is -0.465 e. The fourth-order valence-corrected chi connectivity index (χ4v) is 5.99. The van der Waals surface area contributed by atoms with Crippen molar-refractivity contribution in [2.75, 3.05) is 12.4 Å². The van der Waals surface area contributed by atoms with E-state index in [0.717, 1.165) is 41.7 Å². The highest BCUT2D eigenvalue weighted by Crippen LogP contribution is 2.38. The van der Waals surface area contributed by atoms with Gasteiger partial charge in [-0.2, -0.15) is 0 Å². The number of thiophene rings is 1. The van der Waals surface area contributed by atoms with Gasteiger partial charge in [-0.05, 0) is 55.9 Å². The number of hydrogen-bond acceptors (Lipinski definition) is 7. The first-order valence-electron chi connectivity index (χ1n) is 11.6. The number of nitrogens with one attached hydrogen (secondary N) is 2. The normalized spacial score (nSPS) is 12.9. The number of methoxy groups -OCH3 is 1. The number of ether oxygens (including phenoxy) is 1. The van der Waals surface area contributed by atoms with Gasteiger partial charge in [0.1, 0.15) is 21.8 Å². The Balaban J connectivity index is 1.68. The summed E-state index contributed by atoms with van der Waals surface area (Å²) in [6, 6.07) is 5.02. The molecule has 0 radical (unpaired) electrons. The summed E-state index contributed by atoms with van der Waals surface area (Å²) in [5, 5.41) is 12.2. The lowest BCUT2D eigenvalue weighted by atomic mass is 9.95. The Morgan fingerprint density at radius 1 is 1.31 bits per heavy atom. The van der Waals surface area contributed by atoms with Gasteiger partial charge in [-0.3, -0.25) is 19.4 Å². The van der Waals surface area contributed by atoms with Crippen LogP contribution in [0.1, 0.15) is 49.6 Å². The monoisotopic (exact) mass is 503 g/mol. The third-order valence-corrected chi connectivity index (χ3v) is 7.68. The van der Waals surface area contributed by atoms with Crippen LogP contribution in [0.15, 0.2) is 41.8 Å². The molecule has 0 bridgehead atoms. The smallest absolute Gasteiger partial charge is 0.341 e. The van der Waals surface area contributed by atoms with Crippen molar-refractivity contribution in [2.45, 2.75) is 39.2 Å². The van der Waals surface area contributed by atoms with Gasteiger partial charge in [0, 0.05) is 17.6 Å². The van der Waals surface area contributed by atoms with Gasteiger partial charge in [-0.1, -0.05) is 12.1 Å². The maximum atomic E-state index is 13.5. The molecule has 1 aliphatic rings. The Hall–Kier alpha value is -4.05. The third-order valence-electron chi connectivity index (χ3n) is 6.48. The number of anilines is 1. The first-order valence-corrected chi connectivity index (χ1v) is 12.4. The van der Waals surface area contributed by atoms with Gasteiger partial charge >= 0.3 is 5.97 Å². The van der Waals surface area contributed by atoms with E-state index in [4.69, 9.17) is 10.1 Å². The SMILES string of the molecule is C=CCn1c(=N)c(C(=O)Nc2sc3c(c2C(=O)OC)CCCC3)cc2c(=O)n3cccc(C)c3nc21.